The molecule has 0 unspecified atom stereocenters. The summed E-state index contributed by atoms with van der Waals surface area (Å²) in [5.74, 6) is -0.208. The van der Waals surface area contributed by atoms with Gasteiger partial charge in [-0.2, -0.15) is 0 Å². The van der Waals surface area contributed by atoms with Crippen LogP contribution in [-0.2, 0) is 14.3 Å². The van der Waals surface area contributed by atoms with Crippen molar-refractivity contribution in [3.63, 3.8) is 0 Å². The first-order valence-corrected chi connectivity index (χ1v) is 16.1. The number of anilines is 1. The van der Waals surface area contributed by atoms with E-state index in [-0.39, 0.29) is 17.0 Å². The maximum atomic E-state index is 14.0. The third-order valence-electron chi connectivity index (χ3n) is 7.79. The fraction of sp³-hybridized carbons (Fsp3) is 0.257. The average molecular weight is 580 g/mol. The van der Waals surface area contributed by atoms with Crippen LogP contribution in [0.5, 0.6) is 5.75 Å². The molecule has 1 fully saturated rings. The van der Waals surface area contributed by atoms with Gasteiger partial charge in [0.15, 0.2) is 6.10 Å². The smallest absolute Gasteiger partial charge is 0.338 e. The zero-order chi connectivity index (χ0) is 29.7. The third-order valence-corrected chi connectivity index (χ3v) is 12.7. The normalized spacial score (nSPS) is 17.2. The van der Waals surface area contributed by atoms with E-state index in [9.17, 15) is 9.59 Å². The molecule has 7 heteroatoms. The van der Waals surface area contributed by atoms with Crippen LogP contribution in [-0.4, -0.2) is 46.1 Å². The van der Waals surface area contributed by atoms with Gasteiger partial charge in [0.2, 0.25) is 0 Å². The number of benzene rings is 4. The van der Waals surface area contributed by atoms with Crippen LogP contribution in [0.2, 0.25) is 5.04 Å². The Morgan fingerprint density at radius 3 is 1.88 bits per heavy atom. The number of carbonyl (C=O) groups excluding carboxylic acids is 2. The molecular formula is C35H37NO5Si. The number of rotatable bonds is 9. The van der Waals surface area contributed by atoms with E-state index in [0.717, 1.165) is 10.4 Å². The predicted molar refractivity (Wildman–Crippen MR) is 168 cm³/mol. The van der Waals surface area contributed by atoms with Gasteiger partial charge in [0.25, 0.3) is 5.91 Å². The molecule has 1 aliphatic rings. The van der Waals surface area contributed by atoms with Gasteiger partial charge in [-0.25, -0.2) is 4.79 Å². The van der Waals surface area contributed by atoms with Crippen LogP contribution in [0.25, 0.3) is 0 Å². The van der Waals surface area contributed by atoms with E-state index in [1.165, 1.54) is 0 Å². The Morgan fingerprint density at radius 2 is 1.33 bits per heavy atom. The molecule has 0 N–H and O–H groups in total. The van der Waals surface area contributed by atoms with Crippen LogP contribution >= 0.6 is 0 Å². The minimum atomic E-state index is -2.98. The number of amides is 1. The van der Waals surface area contributed by atoms with Crippen molar-refractivity contribution in [3.8, 4) is 5.75 Å². The first-order valence-electron chi connectivity index (χ1n) is 14.2. The summed E-state index contributed by atoms with van der Waals surface area (Å²) in [6.07, 6.45) is -0.613. The summed E-state index contributed by atoms with van der Waals surface area (Å²) in [5, 5.41) is 2.00. The number of hydrogen-bond donors (Lipinski definition) is 0. The minimum absolute atomic E-state index is 0.266. The van der Waals surface area contributed by atoms with E-state index in [1.807, 2.05) is 66.7 Å². The Kier molecular flexibility index (Phi) is 8.61. The second-order valence-corrected chi connectivity index (χ2v) is 15.8. The zero-order valence-electron chi connectivity index (χ0n) is 24.5. The number of nitrogens with zero attached hydrogens (tertiary/aromatic N) is 1. The summed E-state index contributed by atoms with van der Waals surface area (Å²) in [5.41, 5.74) is 1.04. The van der Waals surface area contributed by atoms with Crippen molar-refractivity contribution in [2.75, 3.05) is 18.6 Å². The van der Waals surface area contributed by atoms with E-state index in [4.69, 9.17) is 13.9 Å². The van der Waals surface area contributed by atoms with Gasteiger partial charge in [0, 0.05) is 13.5 Å². The Hall–Kier alpha value is -4.20. The van der Waals surface area contributed by atoms with Crippen molar-refractivity contribution in [3.05, 3.63) is 121 Å². The van der Waals surface area contributed by atoms with Crippen molar-refractivity contribution < 1.29 is 23.5 Å². The highest BCUT2D eigenvalue weighted by atomic mass is 28.4. The summed E-state index contributed by atoms with van der Waals surface area (Å²) >= 11 is 0. The molecule has 0 bridgehead atoms. The molecule has 0 aliphatic carbocycles. The zero-order valence-corrected chi connectivity index (χ0v) is 25.5. The lowest BCUT2D eigenvalue weighted by molar-refractivity contribution is -0.124. The highest BCUT2D eigenvalue weighted by Crippen LogP contribution is 2.42. The van der Waals surface area contributed by atoms with Crippen LogP contribution in [0.15, 0.2) is 115 Å². The predicted octanol–water partition coefficient (Wildman–Crippen LogP) is 5.60. The molecule has 5 rings (SSSR count). The molecule has 42 heavy (non-hydrogen) atoms. The number of ether oxygens (including phenoxy) is 2. The van der Waals surface area contributed by atoms with Crippen LogP contribution < -0.4 is 19.7 Å². The SMILES string of the molecule is COC[C@H]1C[C@@H](OC(=O)c2ccccc2)C(=O)N1c1ccccc1O[Si](c1ccccc1)(c1ccccc1)C(C)(C)C. The molecule has 1 aliphatic heterocycles. The molecule has 0 aromatic heterocycles. The van der Waals surface area contributed by atoms with Crippen molar-refractivity contribution in [2.45, 2.75) is 44.4 Å². The average Bonchev–Trinajstić information content (AvgIpc) is 3.30. The molecule has 4 aromatic carbocycles. The van der Waals surface area contributed by atoms with Crippen molar-refractivity contribution in [1.82, 2.24) is 0 Å². The molecular weight excluding hydrogens is 542 g/mol. The Morgan fingerprint density at radius 1 is 0.810 bits per heavy atom. The Bertz CT molecular complexity index is 1470. The third kappa shape index (κ3) is 5.62. The number of para-hydroxylation sites is 2. The van der Waals surface area contributed by atoms with Crippen LogP contribution in [0.1, 0.15) is 37.6 Å². The van der Waals surface area contributed by atoms with Crippen LogP contribution in [0.3, 0.4) is 0 Å². The summed E-state index contributed by atoms with van der Waals surface area (Å²) in [6.45, 7) is 6.94. The Labute approximate surface area is 249 Å². The van der Waals surface area contributed by atoms with Gasteiger partial charge in [-0.15, -0.1) is 0 Å². The van der Waals surface area contributed by atoms with Gasteiger partial charge in [0.1, 0.15) is 5.75 Å². The lowest BCUT2D eigenvalue weighted by atomic mass is 10.2. The van der Waals surface area contributed by atoms with E-state index in [1.54, 1.807) is 36.3 Å². The molecule has 0 radical (unpaired) electrons. The molecule has 1 amide bonds. The second kappa shape index (κ2) is 12.3. The van der Waals surface area contributed by atoms with Gasteiger partial charge in [-0.05, 0) is 39.7 Å². The number of esters is 1. The fourth-order valence-electron chi connectivity index (χ4n) is 5.87. The maximum Gasteiger partial charge on any atom is 0.338 e. The summed E-state index contributed by atoms with van der Waals surface area (Å²) in [4.78, 5) is 28.5. The summed E-state index contributed by atoms with van der Waals surface area (Å²) in [6, 6.07) is 36.8. The summed E-state index contributed by atoms with van der Waals surface area (Å²) < 4.78 is 18.6. The van der Waals surface area contributed by atoms with E-state index in [0.29, 0.717) is 30.0 Å². The minimum Gasteiger partial charge on any atom is -0.533 e. The quantitative estimate of drug-likeness (QED) is 0.191. The van der Waals surface area contributed by atoms with Crippen molar-refractivity contribution in [1.29, 1.82) is 0 Å². The first kappa shape index (κ1) is 29.3. The fourth-order valence-corrected chi connectivity index (χ4v) is 10.3. The first-order chi connectivity index (χ1) is 20.3. The van der Waals surface area contributed by atoms with Gasteiger partial charge in [-0.1, -0.05) is 112 Å². The van der Waals surface area contributed by atoms with Crippen LogP contribution in [0, 0.1) is 0 Å². The largest absolute Gasteiger partial charge is 0.533 e. The monoisotopic (exact) mass is 579 g/mol. The molecule has 0 saturated carbocycles. The van der Waals surface area contributed by atoms with Gasteiger partial charge >= 0.3 is 14.3 Å². The molecule has 1 saturated heterocycles. The highest BCUT2D eigenvalue weighted by Gasteiger charge is 2.53. The Balaban J connectivity index is 1.57. The van der Waals surface area contributed by atoms with Crippen molar-refractivity contribution in [2.24, 2.45) is 0 Å². The number of methoxy groups -OCH3 is 1. The van der Waals surface area contributed by atoms with E-state index >= 15 is 0 Å². The number of carbonyl (C=O) groups is 2. The lowest BCUT2D eigenvalue weighted by Gasteiger charge is -2.43. The van der Waals surface area contributed by atoms with E-state index in [2.05, 4.69) is 45.0 Å². The molecule has 0 spiro atoms. The number of hydrogen-bond acceptors (Lipinski definition) is 5. The van der Waals surface area contributed by atoms with Crippen LogP contribution in [0.4, 0.5) is 5.69 Å². The molecule has 4 aromatic rings. The molecule has 2 atom stereocenters. The summed E-state index contributed by atoms with van der Waals surface area (Å²) in [7, 11) is -1.37. The standard InChI is InChI=1S/C35H37NO5Si/c1-35(2,3)42(28-18-10-6-11-19-28,29-20-12-7-13-21-29)41-31-23-15-14-22-30(31)36-27(25-39-4)24-32(33(36)37)40-34(38)26-16-8-5-9-17-26/h5-23,27,32H,24-25H2,1-4H3/t27-,32-/m1/s1. The van der Waals surface area contributed by atoms with E-state index < -0.39 is 20.4 Å². The molecule has 1 heterocycles. The highest BCUT2D eigenvalue weighted by molar-refractivity contribution is 7.00. The van der Waals surface area contributed by atoms with Gasteiger partial charge in [-0.3, -0.25) is 4.79 Å². The second-order valence-electron chi connectivity index (χ2n) is 11.5. The molecule has 6 nitrogen and oxygen atoms in total. The lowest BCUT2D eigenvalue weighted by Crippen LogP contribution is -2.69. The van der Waals surface area contributed by atoms with Gasteiger partial charge < -0.3 is 18.8 Å². The van der Waals surface area contributed by atoms with Crippen molar-refractivity contribution >= 4 is 36.3 Å². The van der Waals surface area contributed by atoms with Gasteiger partial charge in [0.05, 0.1) is 23.9 Å². The topological polar surface area (TPSA) is 65.1 Å². The maximum absolute atomic E-state index is 14.0. The molecule has 216 valence electrons.